The minimum absolute atomic E-state index is 0.788. The van der Waals surface area contributed by atoms with E-state index in [1.54, 1.807) is 0 Å². The lowest BCUT2D eigenvalue weighted by Gasteiger charge is -2.21. The summed E-state index contributed by atoms with van der Waals surface area (Å²) in [6, 6.07) is 2.20. The van der Waals surface area contributed by atoms with Gasteiger partial charge in [-0.05, 0) is 18.1 Å². The van der Waals surface area contributed by atoms with Gasteiger partial charge in [0.15, 0.2) is 0 Å². The van der Waals surface area contributed by atoms with Gasteiger partial charge in [-0.1, -0.05) is 6.07 Å². The molecule has 2 heterocycles. The maximum Gasteiger partial charge on any atom is 0.0313 e. The fourth-order valence-electron chi connectivity index (χ4n) is 1.75. The van der Waals surface area contributed by atoms with Crippen LogP contribution in [0.3, 0.4) is 0 Å². The third kappa shape index (κ3) is 4.00. The van der Waals surface area contributed by atoms with Gasteiger partial charge in [-0.3, -0.25) is 4.98 Å². The summed E-state index contributed by atoms with van der Waals surface area (Å²) in [4.78, 5) is 4.20. The normalized spacial score (nSPS) is 20.9. The molecule has 0 amide bonds. The number of hydrogen-bond acceptors (Lipinski definition) is 4. The molecule has 1 unspecified atom stereocenters. The first-order valence-corrected chi connectivity index (χ1v) is 7.85. The van der Waals surface area contributed by atoms with Crippen LogP contribution in [0.1, 0.15) is 11.1 Å². The maximum absolute atomic E-state index is 4.20. The molecule has 2 rings (SSSR count). The number of nitrogens with zero attached hydrogens (tertiary/aromatic N) is 1. The summed E-state index contributed by atoms with van der Waals surface area (Å²) in [5.41, 5.74) is 2.52. The van der Waals surface area contributed by atoms with E-state index in [2.05, 4.69) is 46.8 Å². The average molecular weight is 254 g/mol. The molecule has 1 saturated heterocycles. The SMILES string of the molecule is Cc1cncc(CNCC2CSCCS2)c1. The molecular formula is C12H18N2S2. The predicted molar refractivity (Wildman–Crippen MR) is 74.3 cm³/mol. The van der Waals surface area contributed by atoms with Crippen molar-refractivity contribution in [2.24, 2.45) is 0 Å². The Kier molecular flexibility index (Phi) is 5.00. The van der Waals surface area contributed by atoms with Crippen LogP contribution in [-0.4, -0.2) is 34.0 Å². The van der Waals surface area contributed by atoms with Crippen LogP contribution in [0.25, 0.3) is 0 Å². The Morgan fingerprint density at radius 3 is 3.12 bits per heavy atom. The molecule has 16 heavy (non-hydrogen) atoms. The largest absolute Gasteiger partial charge is 0.311 e. The first-order valence-electron chi connectivity index (χ1n) is 5.65. The van der Waals surface area contributed by atoms with Crippen LogP contribution < -0.4 is 5.32 Å². The zero-order valence-electron chi connectivity index (χ0n) is 9.61. The molecule has 88 valence electrons. The van der Waals surface area contributed by atoms with Crippen molar-refractivity contribution in [3.63, 3.8) is 0 Å². The zero-order valence-corrected chi connectivity index (χ0v) is 11.2. The number of thioether (sulfide) groups is 2. The molecule has 1 aliphatic heterocycles. The Morgan fingerprint density at radius 1 is 1.44 bits per heavy atom. The molecule has 1 aromatic heterocycles. The van der Waals surface area contributed by atoms with E-state index >= 15 is 0 Å². The van der Waals surface area contributed by atoms with Crippen molar-refractivity contribution in [1.29, 1.82) is 0 Å². The van der Waals surface area contributed by atoms with Gasteiger partial charge < -0.3 is 5.32 Å². The summed E-state index contributed by atoms with van der Waals surface area (Å²) in [7, 11) is 0. The van der Waals surface area contributed by atoms with Crippen LogP contribution in [-0.2, 0) is 6.54 Å². The van der Waals surface area contributed by atoms with Gasteiger partial charge in [0.25, 0.3) is 0 Å². The molecular weight excluding hydrogens is 236 g/mol. The number of hydrogen-bond donors (Lipinski definition) is 1. The van der Waals surface area contributed by atoms with E-state index in [-0.39, 0.29) is 0 Å². The van der Waals surface area contributed by atoms with E-state index in [1.165, 1.54) is 28.4 Å². The Labute approximate surface area is 106 Å². The van der Waals surface area contributed by atoms with Gasteiger partial charge in [0.05, 0.1) is 0 Å². The van der Waals surface area contributed by atoms with Gasteiger partial charge in [0.2, 0.25) is 0 Å². The van der Waals surface area contributed by atoms with Crippen molar-refractivity contribution in [3.8, 4) is 0 Å². The minimum atomic E-state index is 0.788. The van der Waals surface area contributed by atoms with E-state index in [0.29, 0.717) is 0 Å². The monoisotopic (exact) mass is 254 g/mol. The fraction of sp³-hybridized carbons (Fsp3) is 0.583. The van der Waals surface area contributed by atoms with E-state index < -0.39 is 0 Å². The van der Waals surface area contributed by atoms with Crippen molar-refractivity contribution in [2.75, 3.05) is 23.8 Å². The van der Waals surface area contributed by atoms with Crippen LogP contribution in [0.15, 0.2) is 18.5 Å². The lowest BCUT2D eigenvalue weighted by atomic mass is 10.2. The molecule has 1 aliphatic rings. The summed E-state index contributed by atoms with van der Waals surface area (Å²) in [5.74, 6) is 3.93. The van der Waals surface area contributed by atoms with Crippen LogP contribution in [0.2, 0.25) is 0 Å². The van der Waals surface area contributed by atoms with Gasteiger partial charge in [0, 0.05) is 48.0 Å². The Bertz CT molecular complexity index is 325. The first kappa shape index (κ1) is 12.3. The van der Waals surface area contributed by atoms with E-state index in [4.69, 9.17) is 0 Å². The molecule has 4 heteroatoms. The number of pyridine rings is 1. The van der Waals surface area contributed by atoms with Crippen molar-refractivity contribution in [1.82, 2.24) is 10.3 Å². The number of nitrogens with one attached hydrogen (secondary N) is 1. The topological polar surface area (TPSA) is 24.9 Å². The molecule has 1 fully saturated rings. The smallest absolute Gasteiger partial charge is 0.0313 e. The molecule has 1 N–H and O–H groups in total. The minimum Gasteiger partial charge on any atom is -0.311 e. The third-order valence-electron chi connectivity index (χ3n) is 2.52. The standard InChI is InChI=1S/C12H18N2S2/c1-10-4-11(6-13-5-10)7-14-8-12-9-15-2-3-16-12/h4-6,12,14H,2-3,7-9H2,1H3. The summed E-state index contributed by atoms with van der Waals surface area (Å²) < 4.78 is 0. The van der Waals surface area contributed by atoms with Crippen LogP contribution in [0.5, 0.6) is 0 Å². The molecule has 1 aromatic rings. The van der Waals surface area contributed by atoms with Crippen molar-refractivity contribution in [3.05, 3.63) is 29.6 Å². The quantitative estimate of drug-likeness (QED) is 0.891. The number of aryl methyl sites for hydroxylation is 1. The number of aromatic nitrogens is 1. The highest BCUT2D eigenvalue weighted by molar-refractivity contribution is 8.06. The second-order valence-corrected chi connectivity index (χ2v) is 6.63. The van der Waals surface area contributed by atoms with Crippen LogP contribution in [0.4, 0.5) is 0 Å². The second kappa shape index (κ2) is 6.52. The van der Waals surface area contributed by atoms with E-state index in [9.17, 15) is 0 Å². The molecule has 0 aromatic carbocycles. The highest BCUT2D eigenvalue weighted by atomic mass is 32.2. The van der Waals surface area contributed by atoms with Crippen LogP contribution >= 0.6 is 23.5 Å². The summed E-state index contributed by atoms with van der Waals surface area (Å²) in [6.45, 7) is 4.14. The highest BCUT2D eigenvalue weighted by Gasteiger charge is 2.13. The van der Waals surface area contributed by atoms with E-state index in [0.717, 1.165) is 18.3 Å². The molecule has 1 atom stereocenters. The van der Waals surface area contributed by atoms with E-state index in [1.807, 2.05) is 12.4 Å². The number of rotatable bonds is 4. The molecule has 0 spiro atoms. The van der Waals surface area contributed by atoms with Crippen LogP contribution in [0, 0.1) is 6.92 Å². The lowest BCUT2D eigenvalue weighted by molar-refractivity contribution is 0.684. The third-order valence-corrected chi connectivity index (χ3v) is 5.36. The molecule has 2 nitrogen and oxygen atoms in total. The predicted octanol–water partition coefficient (Wildman–Crippen LogP) is 2.33. The summed E-state index contributed by atoms with van der Waals surface area (Å²) >= 11 is 4.18. The Balaban J connectivity index is 1.71. The maximum atomic E-state index is 4.20. The van der Waals surface area contributed by atoms with Gasteiger partial charge >= 0.3 is 0 Å². The molecule has 0 bridgehead atoms. The first-order chi connectivity index (χ1) is 7.84. The Morgan fingerprint density at radius 2 is 2.38 bits per heavy atom. The zero-order chi connectivity index (χ0) is 11.2. The van der Waals surface area contributed by atoms with Crippen molar-refractivity contribution < 1.29 is 0 Å². The Hall–Kier alpha value is -0.190. The molecule has 0 aliphatic carbocycles. The summed E-state index contributed by atoms with van der Waals surface area (Å²) in [6.07, 6.45) is 3.85. The average Bonchev–Trinajstić information content (AvgIpc) is 2.30. The van der Waals surface area contributed by atoms with Gasteiger partial charge in [-0.15, -0.1) is 0 Å². The molecule has 0 saturated carbocycles. The fourth-order valence-corrected chi connectivity index (χ4v) is 4.39. The summed E-state index contributed by atoms with van der Waals surface area (Å²) in [5, 5.41) is 4.31. The van der Waals surface area contributed by atoms with Gasteiger partial charge in [-0.25, -0.2) is 0 Å². The van der Waals surface area contributed by atoms with Crippen molar-refractivity contribution >= 4 is 23.5 Å². The highest BCUT2D eigenvalue weighted by Crippen LogP contribution is 2.23. The lowest BCUT2D eigenvalue weighted by Crippen LogP contribution is -2.28. The molecule has 0 radical (unpaired) electrons. The van der Waals surface area contributed by atoms with Crippen molar-refractivity contribution in [2.45, 2.75) is 18.7 Å². The second-order valence-electron chi connectivity index (χ2n) is 4.07. The van der Waals surface area contributed by atoms with Gasteiger partial charge in [-0.2, -0.15) is 23.5 Å². The van der Waals surface area contributed by atoms with Gasteiger partial charge in [0.1, 0.15) is 0 Å².